The summed E-state index contributed by atoms with van der Waals surface area (Å²) in [5.74, 6) is 0.145. The Bertz CT molecular complexity index is 738. The Balaban J connectivity index is 1.58. The summed E-state index contributed by atoms with van der Waals surface area (Å²) in [5.41, 5.74) is 4.75. The Labute approximate surface area is 148 Å². The van der Waals surface area contributed by atoms with Gasteiger partial charge in [-0.15, -0.1) is 0 Å². The van der Waals surface area contributed by atoms with Crippen molar-refractivity contribution >= 4 is 0 Å². The van der Waals surface area contributed by atoms with E-state index in [1.54, 1.807) is 12.1 Å². The van der Waals surface area contributed by atoms with Gasteiger partial charge < -0.3 is 5.11 Å². The Kier molecular flexibility index (Phi) is 4.61. The zero-order chi connectivity index (χ0) is 17.4. The molecule has 2 aliphatic rings. The van der Waals surface area contributed by atoms with Gasteiger partial charge in [-0.05, 0) is 81.3 Å². The standard InChI is InChI=1S/C20H26FN3O/c1-14(25)15-4-3-11-23(12-15)13-19-18-5-2-6-20(18)24(22-19)17-9-7-16(21)8-10-17/h7-10,14-15,25H,2-6,11-13H2,1H3. The van der Waals surface area contributed by atoms with Crippen LogP contribution in [0, 0.1) is 11.7 Å². The smallest absolute Gasteiger partial charge is 0.123 e. The van der Waals surface area contributed by atoms with E-state index < -0.39 is 0 Å². The van der Waals surface area contributed by atoms with Gasteiger partial charge in [0.05, 0.1) is 17.5 Å². The number of likely N-dealkylation sites (tertiary alicyclic amines) is 1. The predicted octanol–water partition coefficient (Wildman–Crippen LogP) is 3.09. The highest BCUT2D eigenvalue weighted by Crippen LogP contribution is 2.30. The van der Waals surface area contributed by atoms with Gasteiger partial charge in [0.15, 0.2) is 0 Å². The van der Waals surface area contributed by atoms with E-state index in [9.17, 15) is 9.50 Å². The Morgan fingerprint density at radius 1 is 1.24 bits per heavy atom. The molecule has 5 heteroatoms. The molecule has 1 aromatic carbocycles. The predicted molar refractivity (Wildman–Crippen MR) is 95.2 cm³/mol. The number of aliphatic hydroxyl groups excluding tert-OH is 1. The monoisotopic (exact) mass is 343 g/mol. The van der Waals surface area contributed by atoms with Gasteiger partial charge in [-0.25, -0.2) is 9.07 Å². The van der Waals surface area contributed by atoms with Crippen molar-refractivity contribution in [1.82, 2.24) is 14.7 Å². The molecule has 1 saturated heterocycles. The first-order valence-electron chi connectivity index (χ1n) is 9.38. The Morgan fingerprint density at radius 3 is 2.80 bits per heavy atom. The van der Waals surface area contributed by atoms with Crippen LogP contribution < -0.4 is 0 Å². The molecule has 1 aliphatic heterocycles. The van der Waals surface area contributed by atoms with E-state index in [4.69, 9.17) is 5.10 Å². The van der Waals surface area contributed by atoms with Crippen molar-refractivity contribution in [1.29, 1.82) is 0 Å². The molecular formula is C20H26FN3O. The van der Waals surface area contributed by atoms with Crippen molar-refractivity contribution < 1.29 is 9.50 Å². The normalized spacial score (nSPS) is 22.1. The second-order valence-corrected chi connectivity index (χ2v) is 7.49. The van der Waals surface area contributed by atoms with Crippen molar-refractivity contribution in [3.8, 4) is 5.69 Å². The van der Waals surface area contributed by atoms with Crippen LogP contribution in [-0.2, 0) is 19.4 Å². The second kappa shape index (κ2) is 6.89. The number of hydrogen-bond acceptors (Lipinski definition) is 3. The lowest BCUT2D eigenvalue weighted by atomic mass is 9.93. The number of hydrogen-bond donors (Lipinski definition) is 1. The molecule has 2 aromatic rings. The van der Waals surface area contributed by atoms with Crippen LogP contribution in [0.4, 0.5) is 4.39 Å². The maximum absolute atomic E-state index is 13.2. The molecule has 4 rings (SSSR count). The fourth-order valence-electron chi connectivity index (χ4n) is 4.28. The third kappa shape index (κ3) is 3.35. The second-order valence-electron chi connectivity index (χ2n) is 7.49. The molecule has 0 radical (unpaired) electrons. The summed E-state index contributed by atoms with van der Waals surface area (Å²) >= 11 is 0. The van der Waals surface area contributed by atoms with E-state index in [-0.39, 0.29) is 11.9 Å². The first-order valence-corrected chi connectivity index (χ1v) is 9.38. The van der Waals surface area contributed by atoms with E-state index >= 15 is 0 Å². The van der Waals surface area contributed by atoms with Crippen LogP contribution in [0.2, 0.25) is 0 Å². The summed E-state index contributed by atoms with van der Waals surface area (Å²) < 4.78 is 15.2. The summed E-state index contributed by atoms with van der Waals surface area (Å²) in [7, 11) is 0. The van der Waals surface area contributed by atoms with E-state index in [2.05, 4.69) is 4.90 Å². The van der Waals surface area contributed by atoms with Crippen molar-refractivity contribution in [2.75, 3.05) is 13.1 Å². The fraction of sp³-hybridized carbons (Fsp3) is 0.550. The van der Waals surface area contributed by atoms with Gasteiger partial charge in [0.25, 0.3) is 0 Å². The molecule has 4 nitrogen and oxygen atoms in total. The van der Waals surface area contributed by atoms with Gasteiger partial charge in [-0.2, -0.15) is 5.10 Å². The zero-order valence-corrected chi connectivity index (χ0v) is 14.8. The van der Waals surface area contributed by atoms with E-state index in [1.165, 1.54) is 23.4 Å². The quantitative estimate of drug-likeness (QED) is 0.927. The minimum Gasteiger partial charge on any atom is -0.393 e. The highest BCUT2D eigenvalue weighted by Gasteiger charge is 2.27. The summed E-state index contributed by atoms with van der Waals surface area (Å²) in [5, 5.41) is 14.8. The molecule has 1 N–H and O–H groups in total. The number of aliphatic hydroxyl groups is 1. The molecule has 2 atom stereocenters. The maximum Gasteiger partial charge on any atom is 0.123 e. The molecule has 0 bridgehead atoms. The number of fused-ring (bicyclic) bond motifs is 1. The average Bonchev–Trinajstić information content (AvgIpc) is 3.20. The minimum atomic E-state index is -0.245. The van der Waals surface area contributed by atoms with Crippen molar-refractivity contribution in [2.45, 2.75) is 51.7 Å². The number of halogens is 1. The lowest BCUT2D eigenvalue weighted by Crippen LogP contribution is -2.39. The number of aromatic nitrogens is 2. The van der Waals surface area contributed by atoms with Gasteiger partial charge >= 0.3 is 0 Å². The average molecular weight is 343 g/mol. The molecule has 134 valence electrons. The van der Waals surface area contributed by atoms with Crippen molar-refractivity contribution in [2.24, 2.45) is 5.92 Å². The van der Waals surface area contributed by atoms with Crippen LogP contribution in [0.3, 0.4) is 0 Å². The van der Waals surface area contributed by atoms with Gasteiger partial charge in [0.1, 0.15) is 5.82 Å². The van der Waals surface area contributed by atoms with Gasteiger partial charge in [0.2, 0.25) is 0 Å². The van der Waals surface area contributed by atoms with E-state index in [1.807, 2.05) is 11.6 Å². The molecule has 0 amide bonds. The summed E-state index contributed by atoms with van der Waals surface area (Å²) in [6, 6.07) is 6.59. The van der Waals surface area contributed by atoms with E-state index in [0.29, 0.717) is 5.92 Å². The van der Waals surface area contributed by atoms with Crippen LogP contribution in [-0.4, -0.2) is 39.0 Å². The molecule has 25 heavy (non-hydrogen) atoms. The highest BCUT2D eigenvalue weighted by atomic mass is 19.1. The SMILES string of the molecule is CC(O)C1CCCN(Cc2nn(-c3ccc(F)cc3)c3c2CCC3)C1. The van der Waals surface area contributed by atoms with E-state index in [0.717, 1.165) is 63.1 Å². The van der Waals surface area contributed by atoms with Crippen LogP contribution in [0.5, 0.6) is 0 Å². The summed E-state index contributed by atoms with van der Waals surface area (Å²) in [6.07, 6.45) is 5.28. The number of nitrogens with zero attached hydrogens (tertiary/aromatic N) is 3. The first-order chi connectivity index (χ1) is 12.1. The Hall–Kier alpha value is -1.72. The molecule has 1 aromatic heterocycles. The number of benzene rings is 1. The summed E-state index contributed by atoms with van der Waals surface area (Å²) in [4.78, 5) is 2.43. The molecule has 1 fully saturated rings. The van der Waals surface area contributed by atoms with Gasteiger partial charge in [0, 0.05) is 18.8 Å². The summed E-state index contributed by atoms with van der Waals surface area (Å²) in [6.45, 7) is 4.76. The lowest BCUT2D eigenvalue weighted by Gasteiger charge is -2.33. The molecule has 2 heterocycles. The van der Waals surface area contributed by atoms with Crippen LogP contribution in [0.25, 0.3) is 5.69 Å². The third-order valence-corrected chi connectivity index (χ3v) is 5.68. The lowest BCUT2D eigenvalue weighted by molar-refractivity contribution is 0.0593. The van der Waals surface area contributed by atoms with Crippen LogP contribution in [0.1, 0.15) is 43.1 Å². The van der Waals surface area contributed by atoms with Gasteiger partial charge in [-0.1, -0.05) is 0 Å². The van der Waals surface area contributed by atoms with Crippen molar-refractivity contribution in [3.05, 3.63) is 47.0 Å². The third-order valence-electron chi connectivity index (χ3n) is 5.68. The minimum absolute atomic E-state index is 0.217. The molecule has 2 unspecified atom stereocenters. The highest BCUT2D eigenvalue weighted by molar-refractivity contribution is 5.40. The van der Waals surface area contributed by atoms with Crippen LogP contribution >= 0.6 is 0 Å². The fourth-order valence-corrected chi connectivity index (χ4v) is 4.28. The molecule has 0 spiro atoms. The molecular weight excluding hydrogens is 317 g/mol. The number of rotatable bonds is 4. The maximum atomic E-state index is 13.2. The first kappa shape index (κ1) is 16.7. The number of piperidine rings is 1. The topological polar surface area (TPSA) is 41.3 Å². The van der Waals surface area contributed by atoms with Crippen molar-refractivity contribution in [3.63, 3.8) is 0 Å². The Morgan fingerprint density at radius 2 is 2.04 bits per heavy atom. The molecule has 0 saturated carbocycles. The van der Waals surface area contributed by atoms with Crippen LogP contribution in [0.15, 0.2) is 24.3 Å². The molecule has 1 aliphatic carbocycles. The zero-order valence-electron chi connectivity index (χ0n) is 14.8. The largest absolute Gasteiger partial charge is 0.393 e. The van der Waals surface area contributed by atoms with Gasteiger partial charge in [-0.3, -0.25) is 4.90 Å².